The largest absolute Gasteiger partial charge is 0.375 e. The van der Waals surface area contributed by atoms with E-state index in [1.54, 1.807) is 11.3 Å². The van der Waals surface area contributed by atoms with Crippen LogP contribution in [0.1, 0.15) is 4.88 Å². The van der Waals surface area contributed by atoms with Crippen molar-refractivity contribution >= 4 is 33.8 Å². The van der Waals surface area contributed by atoms with Gasteiger partial charge < -0.3 is 10.6 Å². The molecule has 0 spiro atoms. The first-order valence-corrected chi connectivity index (χ1v) is 10.4. The maximum absolute atomic E-state index is 6.13. The lowest BCUT2D eigenvalue weighted by atomic mass is 10.1. The second-order valence-corrected chi connectivity index (χ2v) is 8.30. The minimum atomic E-state index is 0.648. The molecule has 2 N–H and O–H groups in total. The summed E-state index contributed by atoms with van der Waals surface area (Å²) in [6.45, 7) is 5.20. The molecular formula is C21H23ClN4S. The molecule has 1 aromatic heterocycles. The molecule has 4 rings (SSSR count). The number of nitrogen functional groups attached to an aromatic ring is 1. The summed E-state index contributed by atoms with van der Waals surface area (Å²) in [6.07, 6.45) is 0.982. The van der Waals surface area contributed by atoms with Gasteiger partial charge in [0, 0.05) is 53.9 Å². The zero-order valence-electron chi connectivity index (χ0n) is 15.1. The van der Waals surface area contributed by atoms with Crippen LogP contribution in [-0.4, -0.2) is 42.6 Å². The number of hydrogen-bond acceptors (Lipinski definition) is 5. The van der Waals surface area contributed by atoms with Gasteiger partial charge in [-0.2, -0.15) is 0 Å². The van der Waals surface area contributed by atoms with Gasteiger partial charge in [0.1, 0.15) is 0 Å². The fourth-order valence-corrected chi connectivity index (χ4v) is 4.55. The molecule has 4 nitrogen and oxygen atoms in total. The SMILES string of the molecule is Nc1nc(-c2ccccc2)c(CCN2CCN(c3cccc(Cl)c3)CC2)s1. The highest BCUT2D eigenvalue weighted by Crippen LogP contribution is 2.30. The normalized spacial score (nSPS) is 15.2. The van der Waals surface area contributed by atoms with Gasteiger partial charge in [-0.3, -0.25) is 4.90 Å². The van der Waals surface area contributed by atoms with Gasteiger partial charge in [-0.1, -0.05) is 48.0 Å². The summed E-state index contributed by atoms with van der Waals surface area (Å²) in [7, 11) is 0. The predicted octanol–water partition coefficient (Wildman–Crippen LogP) is 4.41. The van der Waals surface area contributed by atoms with Gasteiger partial charge in [0.05, 0.1) is 5.69 Å². The van der Waals surface area contributed by atoms with Crippen molar-refractivity contribution in [1.82, 2.24) is 9.88 Å². The van der Waals surface area contributed by atoms with Gasteiger partial charge in [-0.05, 0) is 24.6 Å². The Kier molecular flexibility index (Phi) is 5.62. The summed E-state index contributed by atoms with van der Waals surface area (Å²) in [6, 6.07) is 18.4. The molecule has 0 bridgehead atoms. The van der Waals surface area contributed by atoms with Crippen molar-refractivity contribution in [2.24, 2.45) is 0 Å². The fourth-order valence-electron chi connectivity index (χ4n) is 3.52. The molecule has 0 atom stereocenters. The van der Waals surface area contributed by atoms with Crippen LogP contribution >= 0.6 is 22.9 Å². The quantitative estimate of drug-likeness (QED) is 0.691. The molecule has 6 heteroatoms. The van der Waals surface area contributed by atoms with Crippen molar-refractivity contribution in [3.05, 3.63) is 64.5 Å². The van der Waals surface area contributed by atoms with Crippen LogP contribution in [0, 0.1) is 0 Å². The first-order chi connectivity index (χ1) is 13.2. The topological polar surface area (TPSA) is 45.4 Å². The zero-order valence-corrected chi connectivity index (χ0v) is 16.7. The van der Waals surface area contributed by atoms with E-state index < -0.39 is 0 Å². The molecule has 1 aliphatic heterocycles. The standard InChI is InChI=1S/C21H23ClN4S/c22-17-7-4-8-18(15-17)26-13-11-25(12-14-26)10-9-19-20(24-21(23)27-19)16-5-2-1-3-6-16/h1-8,15H,9-14H2,(H2,23,24). The van der Waals surface area contributed by atoms with Crippen molar-refractivity contribution in [2.45, 2.75) is 6.42 Å². The number of halogens is 1. The van der Waals surface area contributed by atoms with E-state index in [-0.39, 0.29) is 0 Å². The zero-order chi connectivity index (χ0) is 18.6. The highest BCUT2D eigenvalue weighted by molar-refractivity contribution is 7.15. The van der Waals surface area contributed by atoms with E-state index in [2.05, 4.69) is 33.0 Å². The number of aromatic nitrogens is 1. The van der Waals surface area contributed by atoms with Gasteiger partial charge in [0.15, 0.2) is 5.13 Å². The molecule has 27 heavy (non-hydrogen) atoms. The summed E-state index contributed by atoms with van der Waals surface area (Å²) in [5.41, 5.74) is 9.39. The maximum Gasteiger partial charge on any atom is 0.180 e. The Hall–Kier alpha value is -2.08. The lowest BCUT2D eigenvalue weighted by molar-refractivity contribution is 0.261. The molecule has 0 amide bonds. The number of rotatable bonds is 5. The molecule has 1 saturated heterocycles. The minimum absolute atomic E-state index is 0.648. The summed E-state index contributed by atoms with van der Waals surface area (Å²) >= 11 is 7.74. The van der Waals surface area contributed by atoms with Crippen LogP contribution in [0.2, 0.25) is 5.02 Å². The molecule has 140 valence electrons. The second kappa shape index (κ2) is 8.30. The summed E-state index contributed by atoms with van der Waals surface area (Å²) < 4.78 is 0. The number of anilines is 2. The highest BCUT2D eigenvalue weighted by Gasteiger charge is 2.19. The van der Waals surface area contributed by atoms with Gasteiger partial charge in [0.2, 0.25) is 0 Å². The van der Waals surface area contributed by atoms with E-state index in [0.717, 1.165) is 55.4 Å². The number of nitrogens with zero attached hydrogens (tertiary/aromatic N) is 3. The van der Waals surface area contributed by atoms with E-state index in [4.69, 9.17) is 17.3 Å². The van der Waals surface area contributed by atoms with Gasteiger partial charge in [-0.15, -0.1) is 11.3 Å². The van der Waals surface area contributed by atoms with Gasteiger partial charge in [0.25, 0.3) is 0 Å². The number of thiazole rings is 1. The number of piperazine rings is 1. The highest BCUT2D eigenvalue weighted by atomic mass is 35.5. The lowest BCUT2D eigenvalue weighted by Crippen LogP contribution is -2.46. The van der Waals surface area contributed by atoms with E-state index in [9.17, 15) is 0 Å². The number of hydrogen-bond donors (Lipinski definition) is 1. The van der Waals surface area contributed by atoms with Crippen molar-refractivity contribution in [1.29, 1.82) is 0 Å². The van der Waals surface area contributed by atoms with E-state index in [1.807, 2.05) is 36.4 Å². The summed E-state index contributed by atoms with van der Waals surface area (Å²) in [5.74, 6) is 0. The Morgan fingerprint density at radius 1 is 1.00 bits per heavy atom. The number of benzene rings is 2. The average Bonchev–Trinajstić information content (AvgIpc) is 3.08. The van der Waals surface area contributed by atoms with E-state index >= 15 is 0 Å². The second-order valence-electron chi connectivity index (χ2n) is 6.75. The molecule has 1 fully saturated rings. The summed E-state index contributed by atoms with van der Waals surface area (Å²) in [4.78, 5) is 10.8. The molecule has 2 aromatic carbocycles. The molecule has 0 aliphatic carbocycles. The Bertz CT molecular complexity index is 888. The Balaban J connectivity index is 1.36. The van der Waals surface area contributed by atoms with E-state index in [1.165, 1.54) is 10.6 Å². The third kappa shape index (κ3) is 4.43. The first-order valence-electron chi connectivity index (χ1n) is 9.22. The van der Waals surface area contributed by atoms with Crippen molar-refractivity contribution in [3.63, 3.8) is 0 Å². The molecule has 0 radical (unpaired) electrons. The van der Waals surface area contributed by atoms with Crippen LogP contribution in [0.15, 0.2) is 54.6 Å². The average molecular weight is 399 g/mol. The van der Waals surface area contributed by atoms with Crippen LogP contribution in [0.4, 0.5) is 10.8 Å². The molecule has 0 unspecified atom stereocenters. The maximum atomic E-state index is 6.13. The van der Waals surface area contributed by atoms with Crippen LogP contribution in [0.5, 0.6) is 0 Å². The van der Waals surface area contributed by atoms with Crippen LogP contribution in [0.25, 0.3) is 11.3 Å². The first kappa shape index (κ1) is 18.3. The smallest absolute Gasteiger partial charge is 0.180 e. The molecule has 2 heterocycles. The number of nitrogens with two attached hydrogens (primary N) is 1. The van der Waals surface area contributed by atoms with Crippen LogP contribution in [0.3, 0.4) is 0 Å². The monoisotopic (exact) mass is 398 g/mol. The lowest BCUT2D eigenvalue weighted by Gasteiger charge is -2.36. The van der Waals surface area contributed by atoms with Crippen molar-refractivity contribution in [2.75, 3.05) is 43.4 Å². The third-order valence-corrected chi connectivity index (χ3v) is 6.14. The van der Waals surface area contributed by atoms with Gasteiger partial charge >= 0.3 is 0 Å². The minimum Gasteiger partial charge on any atom is -0.375 e. The Morgan fingerprint density at radius 2 is 1.78 bits per heavy atom. The fraction of sp³-hybridized carbons (Fsp3) is 0.286. The molecule has 0 saturated carbocycles. The third-order valence-electron chi connectivity index (χ3n) is 4.96. The van der Waals surface area contributed by atoms with Crippen LogP contribution < -0.4 is 10.6 Å². The van der Waals surface area contributed by atoms with Crippen LogP contribution in [-0.2, 0) is 6.42 Å². The molecule has 3 aromatic rings. The summed E-state index contributed by atoms with van der Waals surface area (Å²) in [5, 5.41) is 1.45. The van der Waals surface area contributed by atoms with Gasteiger partial charge in [-0.25, -0.2) is 4.98 Å². The molecule has 1 aliphatic rings. The van der Waals surface area contributed by atoms with E-state index in [0.29, 0.717) is 5.13 Å². The Labute approximate surface area is 169 Å². The predicted molar refractivity (Wildman–Crippen MR) is 116 cm³/mol. The van der Waals surface area contributed by atoms with Crippen molar-refractivity contribution < 1.29 is 0 Å². The molecular weight excluding hydrogens is 376 g/mol. The van der Waals surface area contributed by atoms with Crippen molar-refractivity contribution in [3.8, 4) is 11.3 Å². The Morgan fingerprint density at radius 3 is 2.52 bits per heavy atom.